The molecule has 0 radical (unpaired) electrons. The lowest BCUT2D eigenvalue weighted by atomic mass is 9.43. The van der Waals surface area contributed by atoms with Gasteiger partial charge in [-0.3, -0.25) is 14.4 Å². The minimum Gasteiger partial charge on any atom is -0.481 e. The van der Waals surface area contributed by atoms with Gasteiger partial charge in [-0.05, 0) is 23.7 Å². The molecule has 0 aromatic heterocycles. The lowest BCUT2D eigenvalue weighted by Crippen LogP contribution is -2.66. The Hall–Kier alpha value is -1.56. The summed E-state index contributed by atoms with van der Waals surface area (Å²) in [5, 5.41) is 27.2. The Bertz CT molecular complexity index is 529. The fourth-order valence-corrected chi connectivity index (χ4v) is 4.98. The van der Waals surface area contributed by atoms with Crippen molar-refractivity contribution in [3.8, 4) is 0 Å². The smallest absolute Gasteiger partial charge is 0.308 e. The van der Waals surface area contributed by atoms with Crippen LogP contribution in [0.2, 0.25) is 0 Å². The monoisotopic (exact) mass is 300 g/mol. The molecule has 20 heavy (non-hydrogen) atoms. The summed E-state index contributed by atoms with van der Waals surface area (Å²) in [6, 6.07) is 0. The molecular weight excluding hydrogens is 288 g/mol. The first-order valence-corrected chi connectivity index (χ1v) is 6.80. The van der Waals surface area contributed by atoms with Crippen LogP contribution in [0.25, 0.3) is 0 Å². The van der Waals surface area contributed by atoms with Gasteiger partial charge in [0.2, 0.25) is 0 Å². The van der Waals surface area contributed by atoms with Crippen molar-refractivity contribution in [1.29, 1.82) is 0 Å². The van der Waals surface area contributed by atoms with Crippen molar-refractivity contribution in [3.63, 3.8) is 0 Å². The molecule has 0 aromatic rings. The maximum Gasteiger partial charge on any atom is 0.308 e. The highest BCUT2D eigenvalue weighted by Gasteiger charge is 2.68. The summed E-state index contributed by atoms with van der Waals surface area (Å²) in [6.45, 7) is 0. The normalized spacial score (nSPS) is 48.2. The van der Waals surface area contributed by atoms with Crippen LogP contribution in [-0.2, 0) is 14.4 Å². The second-order valence-corrected chi connectivity index (χ2v) is 6.23. The number of alkyl halides is 1. The molecule has 2 bridgehead atoms. The van der Waals surface area contributed by atoms with Gasteiger partial charge in [-0.2, -0.15) is 0 Å². The van der Waals surface area contributed by atoms with Crippen LogP contribution in [0.5, 0.6) is 0 Å². The Labute approximate surface area is 119 Å². The van der Waals surface area contributed by atoms with E-state index in [9.17, 15) is 29.7 Å². The van der Waals surface area contributed by atoms with Crippen molar-refractivity contribution in [1.82, 2.24) is 0 Å². The highest BCUT2D eigenvalue weighted by atomic mass is 35.5. The number of carbonyl (C=O) groups is 3. The van der Waals surface area contributed by atoms with E-state index in [1.807, 2.05) is 0 Å². The number of carboxylic acid groups (broad SMARTS) is 3. The van der Waals surface area contributed by atoms with Crippen LogP contribution >= 0.6 is 11.6 Å². The molecule has 4 rings (SSSR count). The van der Waals surface area contributed by atoms with Crippen molar-refractivity contribution in [2.24, 2.45) is 41.4 Å². The van der Waals surface area contributed by atoms with Gasteiger partial charge in [-0.15, -0.1) is 11.6 Å². The lowest BCUT2D eigenvalue weighted by Gasteiger charge is -2.61. The van der Waals surface area contributed by atoms with Crippen LogP contribution in [0, 0.1) is 41.4 Å². The third-order valence-electron chi connectivity index (χ3n) is 5.09. The Morgan fingerprint density at radius 3 is 1.55 bits per heavy atom. The van der Waals surface area contributed by atoms with E-state index in [-0.39, 0.29) is 11.8 Å². The number of halogens is 1. The Morgan fingerprint density at radius 2 is 1.15 bits per heavy atom. The number of rotatable bonds is 3. The number of fused-ring (bicyclic) bond motifs is 1. The lowest BCUT2D eigenvalue weighted by molar-refractivity contribution is -0.182. The van der Waals surface area contributed by atoms with Crippen LogP contribution in [0.3, 0.4) is 0 Å². The van der Waals surface area contributed by atoms with E-state index in [0.29, 0.717) is 0 Å². The molecule has 4 aliphatic rings. The number of allylic oxidation sites excluding steroid dienone is 2. The first-order valence-electron chi connectivity index (χ1n) is 6.37. The van der Waals surface area contributed by atoms with Crippen molar-refractivity contribution < 1.29 is 29.7 Å². The standard InChI is InChI=1S/C13H13ClO6/c14-10-6-4-2-1-3(5(6)9(10)13(19)20)7(11(15)16)8(4)12(17)18/h1-10H,(H,15,16)(H,17,18)(H,19,20)/t3-,4+,5+,6-,7+,8-,9+,10+/m1/s1. The molecule has 0 unspecified atom stereocenters. The molecule has 0 spiro atoms. The maximum absolute atomic E-state index is 11.4. The number of aliphatic carboxylic acids is 3. The molecule has 2 saturated carbocycles. The highest BCUT2D eigenvalue weighted by molar-refractivity contribution is 6.23. The molecule has 0 amide bonds. The SMILES string of the molecule is O=C(O)[C@@H]1[C@H]2C=C[C@@H]([C@@H]1C(=O)O)[C@@H]1[C@H](C(=O)O)[C@@H](Cl)[C@H]21. The van der Waals surface area contributed by atoms with Crippen LogP contribution in [0.15, 0.2) is 12.2 Å². The molecule has 0 heterocycles. The zero-order chi connectivity index (χ0) is 14.8. The van der Waals surface area contributed by atoms with Gasteiger partial charge in [0.1, 0.15) is 0 Å². The number of carboxylic acids is 3. The highest BCUT2D eigenvalue weighted by Crippen LogP contribution is 2.63. The summed E-state index contributed by atoms with van der Waals surface area (Å²) in [6.07, 6.45) is 3.38. The summed E-state index contributed by atoms with van der Waals surface area (Å²) < 4.78 is 0. The van der Waals surface area contributed by atoms with Crippen molar-refractivity contribution in [2.75, 3.05) is 0 Å². The van der Waals surface area contributed by atoms with E-state index in [1.54, 1.807) is 12.2 Å². The van der Waals surface area contributed by atoms with Gasteiger partial charge in [0.15, 0.2) is 0 Å². The fourth-order valence-electron chi connectivity index (χ4n) is 4.37. The molecular formula is C13H13ClO6. The first-order chi connectivity index (χ1) is 9.36. The predicted octanol–water partition coefficient (Wildman–Crippen LogP) is 0.758. The summed E-state index contributed by atoms with van der Waals surface area (Å²) in [4.78, 5) is 34.1. The summed E-state index contributed by atoms with van der Waals surface area (Å²) in [5.41, 5.74) is 0. The third-order valence-corrected chi connectivity index (χ3v) is 5.65. The third kappa shape index (κ3) is 1.48. The van der Waals surface area contributed by atoms with E-state index in [4.69, 9.17) is 11.6 Å². The van der Waals surface area contributed by atoms with Crippen molar-refractivity contribution in [3.05, 3.63) is 12.2 Å². The average molecular weight is 301 g/mol. The zero-order valence-corrected chi connectivity index (χ0v) is 11.0. The molecule has 2 fully saturated rings. The summed E-state index contributed by atoms with van der Waals surface area (Å²) in [7, 11) is 0. The van der Waals surface area contributed by atoms with Gasteiger partial charge >= 0.3 is 17.9 Å². The average Bonchev–Trinajstić information content (AvgIpc) is 2.35. The molecule has 108 valence electrons. The predicted molar refractivity (Wildman–Crippen MR) is 66.1 cm³/mol. The first kappa shape index (κ1) is 13.4. The topological polar surface area (TPSA) is 112 Å². The molecule has 0 saturated heterocycles. The fraction of sp³-hybridized carbons (Fsp3) is 0.615. The molecule has 8 atom stereocenters. The largest absolute Gasteiger partial charge is 0.481 e. The molecule has 6 nitrogen and oxygen atoms in total. The minimum atomic E-state index is -1.18. The zero-order valence-electron chi connectivity index (χ0n) is 10.2. The second kappa shape index (κ2) is 4.22. The maximum atomic E-state index is 11.4. The van der Waals surface area contributed by atoms with Crippen LogP contribution in [0.1, 0.15) is 0 Å². The van der Waals surface area contributed by atoms with E-state index < -0.39 is 52.9 Å². The molecule has 0 aliphatic heterocycles. The van der Waals surface area contributed by atoms with E-state index >= 15 is 0 Å². The van der Waals surface area contributed by atoms with Gasteiger partial charge in [0.25, 0.3) is 0 Å². The van der Waals surface area contributed by atoms with Gasteiger partial charge in [-0.25, -0.2) is 0 Å². The van der Waals surface area contributed by atoms with Crippen molar-refractivity contribution in [2.45, 2.75) is 5.38 Å². The quantitative estimate of drug-likeness (QED) is 0.524. The van der Waals surface area contributed by atoms with E-state index in [0.717, 1.165) is 0 Å². The molecule has 0 aromatic carbocycles. The summed E-state index contributed by atoms with van der Waals surface area (Å²) >= 11 is 6.12. The Balaban J connectivity index is 2.02. The van der Waals surface area contributed by atoms with Gasteiger partial charge in [0, 0.05) is 0 Å². The van der Waals surface area contributed by atoms with Gasteiger partial charge < -0.3 is 15.3 Å². The van der Waals surface area contributed by atoms with Crippen LogP contribution < -0.4 is 0 Å². The van der Waals surface area contributed by atoms with Crippen LogP contribution in [0.4, 0.5) is 0 Å². The Kier molecular flexibility index (Phi) is 2.83. The van der Waals surface area contributed by atoms with Crippen molar-refractivity contribution >= 4 is 29.5 Å². The number of hydrogen-bond donors (Lipinski definition) is 3. The minimum absolute atomic E-state index is 0.260. The second-order valence-electron chi connectivity index (χ2n) is 5.73. The number of hydrogen-bond acceptors (Lipinski definition) is 3. The van der Waals surface area contributed by atoms with Crippen LogP contribution in [-0.4, -0.2) is 38.6 Å². The molecule has 7 heteroatoms. The Morgan fingerprint density at radius 1 is 0.750 bits per heavy atom. The molecule has 4 aliphatic carbocycles. The van der Waals surface area contributed by atoms with Gasteiger partial charge in [-0.1, -0.05) is 12.2 Å². The van der Waals surface area contributed by atoms with Gasteiger partial charge in [0.05, 0.1) is 23.1 Å². The molecule has 3 N–H and O–H groups in total. The summed E-state index contributed by atoms with van der Waals surface area (Å²) in [5.74, 6) is -7.98. The van der Waals surface area contributed by atoms with E-state index in [1.165, 1.54) is 0 Å². The van der Waals surface area contributed by atoms with E-state index in [2.05, 4.69) is 0 Å².